The first-order valence-electron chi connectivity index (χ1n) is 17.2. The maximum absolute atomic E-state index is 7.67. The van der Waals surface area contributed by atoms with E-state index in [4.69, 9.17) is 28.1 Å². The number of ether oxygens (including phenoxy) is 5. The summed E-state index contributed by atoms with van der Waals surface area (Å²) >= 11 is 0. The number of rotatable bonds is 9. The van der Waals surface area contributed by atoms with Gasteiger partial charge in [-0.3, -0.25) is 0 Å². The lowest BCUT2D eigenvalue weighted by Crippen LogP contribution is -2.68. The quantitative estimate of drug-likeness (QED) is 0.246. The van der Waals surface area contributed by atoms with Gasteiger partial charge in [0.05, 0.1) is 33.0 Å². The van der Waals surface area contributed by atoms with Crippen LogP contribution in [0.15, 0.2) is 91.0 Å². The predicted octanol–water partition coefficient (Wildman–Crippen LogP) is 6.38. The molecular formula is C39H54O6Si2. The lowest BCUT2D eigenvalue weighted by Gasteiger charge is -2.46. The lowest BCUT2D eigenvalue weighted by molar-refractivity contribution is -0.339. The fourth-order valence-corrected chi connectivity index (χ4v) is 16.2. The molecule has 6 rings (SSSR count). The van der Waals surface area contributed by atoms with Crippen LogP contribution < -0.4 is 15.6 Å². The van der Waals surface area contributed by atoms with Crippen LogP contribution in [0.4, 0.5) is 0 Å². The van der Waals surface area contributed by atoms with Gasteiger partial charge in [0, 0.05) is 6.42 Å². The van der Waals surface area contributed by atoms with E-state index >= 15 is 0 Å². The molecule has 6 nitrogen and oxygen atoms in total. The van der Waals surface area contributed by atoms with E-state index in [2.05, 4.69) is 125 Å². The highest BCUT2D eigenvalue weighted by Crippen LogP contribution is 2.48. The number of benzene rings is 3. The average molecular weight is 675 g/mol. The second kappa shape index (κ2) is 12.6. The van der Waals surface area contributed by atoms with Gasteiger partial charge in [0.1, 0.15) is 18.3 Å². The standard InChI is InChI=1S/C39H54O6Si2/c1-36(2,3)47(30-21-15-11-16-22-30,31-23-17-12-18-24-31)41-27-39(28-46(8,9)29-19-13-10-14-20-29)25-32-34(45-39)35(44-38(6,7)42-32)33-26-40-37(4,5)43-33/h10-24,32-35H,25-28H2,1-9H3/t32-,33-,34+,35?,39-/m0/s1. The maximum Gasteiger partial charge on any atom is 0.261 e. The summed E-state index contributed by atoms with van der Waals surface area (Å²) in [6, 6.07) is 33.6. The van der Waals surface area contributed by atoms with Crippen LogP contribution in [0.3, 0.4) is 0 Å². The molecule has 47 heavy (non-hydrogen) atoms. The molecule has 5 atom stereocenters. The molecular weight excluding hydrogens is 621 g/mol. The molecule has 3 saturated heterocycles. The van der Waals surface area contributed by atoms with Crippen molar-refractivity contribution >= 4 is 32.0 Å². The van der Waals surface area contributed by atoms with Crippen LogP contribution in [0.25, 0.3) is 0 Å². The van der Waals surface area contributed by atoms with Gasteiger partial charge in [0.15, 0.2) is 11.6 Å². The van der Waals surface area contributed by atoms with E-state index < -0.39 is 33.6 Å². The highest BCUT2D eigenvalue weighted by atomic mass is 28.4. The van der Waals surface area contributed by atoms with Gasteiger partial charge in [0.2, 0.25) is 0 Å². The van der Waals surface area contributed by atoms with Gasteiger partial charge in [-0.2, -0.15) is 0 Å². The summed E-state index contributed by atoms with van der Waals surface area (Å²) in [5.74, 6) is -1.46. The van der Waals surface area contributed by atoms with Crippen molar-refractivity contribution < 1.29 is 28.1 Å². The Morgan fingerprint density at radius 1 is 0.660 bits per heavy atom. The zero-order valence-electron chi connectivity index (χ0n) is 29.7. The van der Waals surface area contributed by atoms with Crippen molar-refractivity contribution in [2.45, 2.75) is 121 Å². The SMILES string of the molecule is CC1(C)OC[C@@H](C2OC(C)(C)O[C@H]3C[C@](CO[Si](c4ccccc4)(c4ccccc4)C(C)(C)C)(C[Si](C)(C)c4ccccc4)O[C@@H]23)O1. The van der Waals surface area contributed by atoms with E-state index in [-0.39, 0.29) is 29.5 Å². The van der Waals surface area contributed by atoms with Crippen molar-refractivity contribution in [2.75, 3.05) is 13.2 Å². The van der Waals surface area contributed by atoms with E-state index in [0.29, 0.717) is 13.2 Å². The molecule has 0 bridgehead atoms. The molecule has 0 spiro atoms. The summed E-state index contributed by atoms with van der Waals surface area (Å²) in [6.45, 7) is 20.7. The molecule has 254 valence electrons. The summed E-state index contributed by atoms with van der Waals surface area (Å²) in [6.07, 6.45) is -0.345. The molecule has 0 aromatic heterocycles. The van der Waals surface area contributed by atoms with Crippen molar-refractivity contribution in [3.05, 3.63) is 91.0 Å². The van der Waals surface area contributed by atoms with Crippen molar-refractivity contribution in [3.8, 4) is 0 Å². The Labute approximate surface area is 284 Å². The summed E-state index contributed by atoms with van der Waals surface area (Å²) in [5, 5.41) is 3.79. The van der Waals surface area contributed by atoms with E-state index in [1.165, 1.54) is 15.6 Å². The predicted molar refractivity (Wildman–Crippen MR) is 193 cm³/mol. The molecule has 3 heterocycles. The second-order valence-corrected chi connectivity index (χ2v) is 25.4. The Balaban J connectivity index is 1.43. The highest BCUT2D eigenvalue weighted by molar-refractivity contribution is 6.99. The first-order valence-corrected chi connectivity index (χ1v) is 22.3. The van der Waals surface area contributed by atoms with Gasteiger partial charge in [-0.15, -0.1) is 0 Å². The molecule has 0 radical (unpaired) electrons. The molecule has 3 aromatic rings. The monoisotopic (exact) mass is 674 g/mol. The minimum Gasteiger partial charge on any atom is -0.404 e. The highest BCUT2D eigenvalue weighted by Gasteiger charge is 2.61. The maximum atomic E-state index is 7.67. The van der Waals surface area contributed by atoms with Crippen molar-refractivity contribution in [3.63, 3.8) is 0 Å². The van der Waals surface area contributed by atoms with Crippen molar-refractivity contribution in [1.29, 1.82) is 0 Å². The van der Waals surface area contributed by atoms with Gasteiger partial charge >= 0.3 is 0 Å². The fraction of sp³-hybridized carbons (Fsp3) is 0.538. The Hall–Kier alpha value is -2.15. The lowest BCUT2D eigenvalue weighted by atomic mass is 9.96. The molecule has 0 aliphatic carbocycles. The summed E-state index contributed by atoms with van der Waals surface area (Å²) < 4.78 is 40.9. The minimum atomic E-state index is -2.84. The molecule has 0 saturated carbocycles. The van der Waals surface area contributed by atoms with Crippen LogP contribution in [0.1, 0.15) is 54.9 Å². The van der Waals surface area contributed by atoms with E-state index in [1.807, 2.05) is 27.7 Å². The van der Waals surface area contributed by atoms with Gasteiger partial charge in [-0.05, 0) is 49.2 Å². The summed E-state index contributed by atoms with van der Waals surface area (Å²) in [4.78, 5) is 0. The summed E-state index contributed by atoms with van der Waals surface area (Å²) in [5.41, 5.74) is -0.592. The molecule has 0 N–H and O–H groups in total. The van der Waals surface area contributed by atoms with E-state index in [0.717, 1.165) is 12.5 Å². The Bertz CT molecular complexity index is 1450. The van der Waals surface area contributed by atoms with Crippen molar-refractivity contribution in [2.24, 2.45) is 0 Å². The smallest absolute Gasteiger partial charge is 0.261 e. The zero-order valence-corrected chi connectivity index (χ0v) is 31.7. The van der Waals surface area contributed by atoms with Gasteiger partial charge < -0.3 is 28.1 Å². The van der Waals surface area contributed by atoms with Crippen LogP contribution >= 0.6 is 0 Å². The topological polar surface area (TPSA) is 55.4 Å². The third kappa shape index (κ3) is 6.99. The molecule has 1 unspecified atom stereocenters. The third-order valence-corrected chi connectivity index (χ3v) is 18.6. The molecule has 3 aliphatic heterocycles. The van der Waals surface area contributed by atoms with Gasteiger partial charge in [0.25, 0.3) is 8.32 Å². The first-order chi connectivity index (χ1) is 22.1. The van der Waals surface area contributed by atoms with Gasteiger partial charge in [-0.25, -0.2) is 0 Å². The molecule has 3 fully saturated rings. The Kier molecular flexibility index (Phi) is 9.33. The minimum absolute atomic E-state index is 0.153. The fourth-order valence-electron chi connectivity index (χ4n) is 8.29. The molecule has 8 heteroatoms. The Morgan fingerprint density at radius 2 is 1.15 bits per heavy atom. The molecule has 3 aliphatic rings. The van der Waals surface area contributed by atoms with E-state index in [9.17, 15) is 0 Å². The number of fused-ring (bicyclic) bond motifs is 1. The van der Waals surface area contributed by atoms with Gasteiger partial charge in [-0.1, -0.05) is 130 Å². The molecule has 3 aromatic carbocycles. The molecule has 0 amide bonds. The average Bonchev–Trinajstić information content (AvgIpc) is 3.56. The first kappa shape index (κ1) is 34.7. The van der Waals surface area contributed by atoms with Crippen LogP contribution in [0.5, 0.6) is 0 Å². The van der Waals surface area contributed by atoms with Crippen LogP contribution in [0, 0.1) is 0 Å². The number of hydrogen-bond donors (Lipinski definition) is 0. The van der Waals surface area contributed by atoms with Crippen molar-refractivity contribution in [1.82, 2.24) is 0 Å². The zero-order chi connectivity index (χ0) is 33.7. The van der Waals surface area contributed by atoms with E-state index in [1.54, 1.807) is 0 Å². The normalized spacial score (nSPS) is 29.0. The van der Waals surface area contributed by atoms with Crippen LogP contribution in [0.2, 0.25) is 24.2 Å². The second-order valence-electron chi connectivity index (χ2n) is 16.4. The largest absolute Gasteiger partial charge is 0.404 e. The third-order valence-electron chi connectivity index (χ3n) is 10.2. The summed E-state index contributed by atoms with van der Waals surface area (Å²) in [7, 11) is -4.87. The van der Waals surface area contributed by atoms with Crippen LogP contribution in [-0.4, -0.2) is 71.2 Å². The number of hydrogen-bond acceptors (Lipinski definition) is 6. The van der Waals surface area contributed by atoms with Crippen LogP contribution in [-0.2, 0) is 28.1 Å². The Morgan fingerprint density at radius 3 is 1.64 bits per heavy atom.